The second-order valence-corrected chi connectivity index (χ2v) is 12.1. The quantitative estimate of drug-likeness (QED) is 0.170. The van der Waals surface area contributed by atoms with E-state index in [0.717, 1.165) is 74.0 Å². The largest absolute Gasteiger partial charge is 0.496 e. The van der Waals surface area contributed by atoms with Gasteiger partial charge in [-0.2, -0.15) is 0 Å². The molecule has 3 rings (SSSR count). The Morgan fingerprint density at radius 2 is 1.26 bits per heavy atom. The van der Waals surface area contributed by atoms with E-state index in [1.165, 1.54) is 51.2 Å². The van der Waals surface area contributed by atoms with E-state index >= 15 is 0 Å². The van der Waals surface area contributed by atoms with Crippen LogP contribution >= 0.6 is 8.58 Å². The van der Waals surface area contributed by atoms with Crippen molar-refractivity contribution < 1.29 is 14.2 Å². The first-order valence-corrected chi connectivity index (χ1v) is 16.9. The highest BCUT2D eigenvalue weighted by molar-refractivity contribution is 7.36. The van der Waals surface area contributed by atoms with Crippen molar-refractivity contribution in [2.24, 2.45) is 0 Å². The van der Waals surface area contributed by atoms with Gasteiger partial charge in [-0.3, -0.25) is 0 Å². The number of hydrogen-bond acceptors (Lipinski definition) is 4. The molecule has 1 atom stereocenters. The topological polar surface area (TPSA) is 39.7 Å². The van der Waals surface area contributed by atoms with Crippen molar-refractivity contribution in [1.82, 2.24) is 5.32 Å². The number of methoxy groups -OCH3 is 3. The van der Waals surface area contributed by atoms with Crippen LogP contribution in [0.3, 0.4) is 0 Å². The third-order valence-electron chi connectivity index (χ3n) is 6.95. The third-order valence-corrected chi connectivity index (χ3v) is 8.45. The molecule has 38 heavy (non-hydrogen) atoms. The van der Waals surface area contributed by atoms with Gasteiger partial charge in [0.05, 0.1) is 21.3 Å². The fourth-order valence-electron chi connectivity index (χ4n) is 4.97. The summed E-state index contributed by atoms with van der Waals surface area (Å²) >= 11 is 0. The van der Waals surface area contributed by atoms with Crippen LogP contribution in [-0.2, 0) is 32.1 Å². The van der Waals surface area contributed by atoms with Crippen LogP contribution in [0.1, 0.15) is 38.9 Å². The smallest absolute Gasteiger partial charge is 0.125 e. The monoisotopic (exact) mass is 549 g/mol. The molecule has 204 valence electrons. The minimum atomic E-state index is 0.767. The Bertz CT molecular complexity index is 1080. The molecule has 0 saturated carbocycles. The molecule has 3 aromatic rings. The predicted octanol–water partition coefficient (Wildman–Crippen LogP) is 6.22. The highest BCUT2D eigenvalue weighted by Crippen LogP contribution is 2.35. The zero-order valence-electron chi connectivity index (χ0n) is 24.0. The highest BCUT2D eigenvalue weighted by Gasteiger charge is 2.17. The van der Waals surface area contributed by atoms with E-state index in [4.69, 9.17) is 14.2 Å². The normalized spacial score (nSPS) is 11.3. The SMILES string of the molecule is CNCCc1ccc(OC)c(Cc2cc(CC[Si]C)cc(Cc3cc(CCPC)ccc3OC)c2OC)c1. The Hall–Kier alpha value is -2.33. The van der Waals surface area contributed by atoms with Crippen LogP contribution in [0, 0.1) is 0 Å². The van der Waals surface area contributed by atoms with Gasteiger partial charge in [0.2, 0.25) is 0 Å². The lowest BCUT2D eigenvalue weighted by molar-refractivity contribution is 0.400. The molecule has 3 aromatic carbocycles. The second-order valence-electron chi connectivity index (χ2n) is 9.65. The third kappa shape index (κ3) is 8.33. The van der Waals surface area contributed by atoms with Crippen molar-refractivity contribution in [3.8, 4) is 17.2 Å². The lowest BCUT2D eigenvalue weighted by atomic mass is 9.92. The van der Waals surface area contributed by atoms with Crippen molar-refractivity contribution in [1.29, 1.82) is 0 Å². The molecule has 6 heteroatoms. The van der Waals surface area contributed by atoms with E-state index in [2.05, 4.69) is 67.1 Å². The van der Waals surface area contributed by atoms with Crippen LogP contribution in [0.25, 0.3) is 0 Å². The van der Waals surface area contributed by atoms with E-state index in [-0.39, 0.29) is 0 Å². The molecule has 0 aromatic heterocycles. The van der Waals surface area contributed by atoms with Crippen LogP contribution in [0.2, 0.25) is 12.6 Å². The zero-order valence-corrected chi connectivity index (χ0v) is 26.0. The molecule has 4 nitrogen and oxygen atoms in total. The summed E-state index contributed by atoms with van der Waals surface area (Å²) < 4.78 is 17.7. The van der Waals surface area contributed by atoms with Crippen molar-refractivity contribution in [3.63, 3.8) is 0 Å². The van der Waals surface area contributed by atoms with E-state index in [0.29, 0.717) is 0 Å². The van der Waals surface area contributed by atoms with Crippen LogP contribution in [0.15, 0.2) is 48.5 Å². The molecule has 1 N–H and O–H groups in total. The minimum Gasteiger partial charge on any atom is -0.496 e. The van der Waals surface area contributed by atoms with Gasteiger partial charge in [-0.05, 0) is 96.8 Å². The summed E-state index contributed by atoms with van der Waals surface area (Å²) in [7, 11) is 9.21. The lowest BCUT2D eigenvalue weighted by Crippen LogP contribution is -2.10. The summed E-state index contributed by atoms with van der Waals surface area (Å²) in [5.41, 5.74) is 8.91. The molecule has 0 heterocycles. The second kappa shape index (κ2) is 15.9. The molecule has 0 aliphatic heterocycles. The summed E-state index contributed by atoms with van der Waals surface area (Å²) in [6, 6.07) is 19.1. The van der Waals surface area contributed by atoms with E-state index in [1.807, 2.05) is 7.05 Å². The number of aryl methyl sites for hydroxylation is 2. The first-order valence-electron chi connectivity index (χ1n) is 13.5. The fraction of sp³-hybridized carbons (Fsp3) is 0.438. The van der Waals surface area contributed by atoms with Crippen LogP contribution in [-0.4, -0.2) is 57.3 Å². The number of benzene rings is 3. The first-order chi connectivity index (χ1) is 18.6. The molecule has 0 aliphatic carbocycles. The zero-order chi connectivity index (χ0) is 27.3. The molecule has 0 spiro atoms. The molecule has 0 fully saturated rings. The lowest BCUT2D eigenvalue weighted by Gasteiger charge is -2.19. The summed E-state index contributed by atoms with van der Waals surface area (Å²) in [6.45, 7) is 5.50. The molecule has 0 saturated heterocycles. The Labute approximate surface area is 234 Å². The van der Waals surface area contributed by atoms with E-state index in [9.17, 15) is 0 Å². The van der Waals surface area contributed by atoms with Crippen LogP contribution in [0.5, 0.6) is 17.2 Å². The van der Waals surface area contributed by atoms with Crippen LogP contribution in [0.4, 0.5) is 0 Å². The Morgan fingerprint density at radius 1 is 0.711 bits per heavy atom. The van der Waals surface area contributed by atoms with Crippen LogP contribution < -0.4 is 19.5 Å². The molecule has 1 unspecified atom stereocenters. The maximum atomic E-state index is 6.13. The summed E-state index contributed by atoms with van der Waals surface area (Å²) in [5, 5.41) is 3.25. The van der Waals surface area contributed by atoms with E-state index < -0.39 is 0 Å². The van der Waals surface area contributed by atoms with Gasteiger partial charge in [0.25, 0.3) is 0 Å². The summed E-state index contributed by atoms with van der Waals surface area (Å²) in [5.74, 6) is 2.83. The van der Waals surface area contributed by atoms with Gasteiger partial charge in [-0.25, -0.2) is 0 Å². The average molecular weight is 550 g/mol. The van der Waals surface area contributed by atoms with Gasteiger partial charge in [0.15, 0.2) is 0 Å². The average Bonchev–Trinajstić information content (AvgIpc) is 2.94. The van der Waals surface area contributed by atoms with E-state index in [1.54, 1.807) is 21.3 Å². The Balaban J connectivity index is 2.05. The summed E-state index contributed by atoms with van der Waals surface area (Å²) in [4.78, 5) is 0. The Morgan fingerprint density at radius 3 is 1.74 bits per heavy atom. The maximum absolute atomic E-state index is 6.13. The maximum Gasteiger partial charge on any atom is 0.125 e. The number of likely N-dealkylation sites (N-methyl/N-ethyl adjacent to an activating group) is 1. The predicted molar refractivity (Wildman–Crippen MR) is 165 cm³/mol. The van der Waals surface area contributed by atoms with Crippen molar-refractivity contribution >= 4 is 18.1 Å². The first kappa shape index (κ1) is 30.2. The molecular weight excluding hydrogens is 505 g/mol. The van der Waals surface area contributed by atoms with Gasteiger partial charge in [0, 0.05) is 22.4 Å². The van der Waals surface area contributed by atoms with Crippen molar-refractivity contribution in [2.45, 2.75) is 44.7 Å². The number of rotatable bonds is 16. The van der Waals surface area contributed by atoms with Gasteiger partial charge < -0.3 is 19.5 Å². The molecule has 0 bridgehead atoms. The molecule has 0 amide bonds. The Kier molecular flexibility index (Phi) is 12.7. The van der Waals surface area contributed by atoms with Crippen molar-refractivity contribution in [3.05, 3.63) is 87.5 Å². The van der Waals surface area contributed by atoms with Gasteiger partial charge >= 0.3 is 0 Å². The fourth-order valence-corrected chi connectivity index (χ4v) is 6.04. The number of hydrogen-bond donors (Lipinski definition) is 1. The highest BCUT2D eigenvalue weighted by atomic mass is 31.1. The number of ether oxygens (including phenoxy) is 3. The molecule has 2 radical (unpaired) electrons. The number of nitrogens with one attached hydrogen (secondary N) is 1. The minimum absolute atomic E-state index is 0.767. The summed E-state index contributed by atoms with van der Waals surface area (Å²) in [6.07, 6.45) is 5.94. The molecular formula is C32H44NO3PSi. The van der Waals surface area contributed by atoms with Gasteiger partial charge in [-0.15, -0.1) is 8.58 Å². The molecule has 0 aliphatic rings. The van der Waals surface area contributed by atoms with Crippen molar-refractivity contribution in [2.75, 3.05) is 47.7 Å². The van der Waals surface area contributed by atoms with Gasteiger partial charge in [-0.1, -0.05) is 49.0 Å². The standard InChI is InChI=1S/C32H44NO3PSi/c1-33-14-11-23-7-9-30(34-2)26(17-23)21-28-19-25(13-16-38-6)20-29(32(28)36-4)22-27-18-24(12-15-37-5)8-10-31(27)35-3/h7-10,17-20,33,37H,11-16,21-22H2,1-6H3. The van der Waals surface area contributed by atoms with Gasteiger partial charge in [0.1, 0.15) is 17.2 Å².